The lowest BCUT2D eigenvalue weighted by atomic mass is 10.2. The molecule has 0 saturated carbocycles. The van der Waals surface area contributed by atoms with Crippen molar-refractivity contribution in [3.05, 3.63) is 79.5 Å². The molecule has 3 rings (SSSR count). The van der Waals surface area contributed by atoms with Crippen molar-refractivity contribution in [2.75, 3.05) is 13.1 Å². The molecule has 0 aromatic heterocycles. The van der Waals surface area contributed by atoms with Crippen LogP contribution in [0.1, 0.15) is 15.9 Å². The number of hydrogen-bond donors (Lipinski definition) is 1. The molecule has 1 N–H and O–H groups in total. The molecule has 1 aliphatic rings. The summed E-state index contributed by atoms with van der Waals surface area (Å²) in [5.41, 5.74) is 0.359. The number of carbonyl (C=O) groups excluding carboxylic acids is 3. The molecule has 2 aromatic carbocycles. The maximum Gasteiger partial charge on any atom is 0.293 e. The molecule has 0 bridgehead atoms. The van der Waals surface area contributed by atoms with E-state index in [0.717, 1.165) is 28.8 Å². The van der Waals surface area contributed by atoms with Crippen LogP contribution in [0.25, 0.3) is 6.08 Å². The van der Waals surface area contributed by atoms with Crippen molar-refractivity contribution < 1.29 is 23.7 Å². The summed E-state index contributed by atoms with van der Waals surface area (Å²) in [4.78, 5) is 48.0. The standard InChI is InChI=1S/C19H13ClFN3O5S/c20-15-10-13(24(28)29)5-6-14(15)17(25)22-7-8-23-18(26)16(30-19(23)27)9-11-1-3-12(21)4-2-11/h1-6,9-10H,7-8H2,(H,22,25). The van der Waals surface area contributed by atoms with E-state index in [4.69, 9.17) is 11.6 Å². The van der Waals surface area contributed by atoms with Gasteiger partial charge in [0.1, 0.15) is 5.82 Å². The van der Waals surface area contributed by atoms with Gasteiger partial charge in [-0.05, 0) is 41.6 Å². The van der Waals surface area contributed by atoms with E-state index in [1.54, 1.807) is 0 Å². The number of nitro groups is 1. The normalized spacial score (nSPS) is 15.0. The molecule has 0 atom stereocenters. The molecule has 1 heterocycles. The Kier molecular flexibility index (Phi) is 6.48. The van der Waals surface area contributed by atoms with E-state index in [0.29, 0.717) is 5.56 Å². The first-order chi connectivity index (χ1) is 14.3. The minimum Gasteiger partial charge on any atom is -0.350 e. The highest BCUT2D eigenvalue weighted by Crippen LogP contribution is 2.32. The third-order valence-corrected chi connectivity index (χ3v) is 5.29. The van der Waals surface area contributed by atoms with Gasteiger partial charge in [-0.1, -0.05) is 23.7 Å². The Hall–Kier alpha value is -3.24. The Labute approximate surface area is 178 Å². The average Bonchev–Trinajstić information content (AvgIpc) is 2.96. The molecule has 1 fully saturated rings. The second-order valence-corrected chi connectivity index (χ2v) is 7.46. The third-order valence-electron chi connectivity index (χ3n) is 4.07. The fourth-order valence-electron chi connectivity index (χ4n) is 2.58. The fourth-order valence-corrected chi connectivity index (χ4v) is 3.71. The largest absolute Gasteiger partial charge is 0.350 e. The summed E-state index contributed by atoms with van der Waals surface area (Å²) < 4.78 is 13.0. The molecular formula is C19H13ClFN3O5S. The number of amides is 3. The van der Waals surface area contributed by atoms with Gasteiger partial charge in [-0.2, -0.15) is 0 Å². The predicted molar refractivity (Wildman–Crippen MR) is 110 cm³/mol. The van der Waals surface area contributed by atoms with Gasteiger partial charge in [0, 0.05) is 25.2 Å². The summed E-state index contributed by atoms with van der Waals surface area (Å²) in [7, 11) is 0. The summed E-state index contributed by atoms with van der Waals surface area (Å²) in [5.74, 6) is -1.52. The monoisotopic (exact) mass is 449 g/mol. The zero-order valence-electron chi connectivity index (χ0n) is 15.1. The molecular weight excluding hydrogens is 437 g/mol. The predicted octanol–water partition coefficient (Wildman–Crippen LogP) is 3.85. The summed E-state index contributed by atoms with van der Waals surface area (Å²) in [6.07, 6.45) is 1.49. The second kappa shape index (κ2) is 9.06. The topological polar surface area (TPSA) is 110 Å². The molecule has 3 amide bonds. The molecule has 8 nitrogen and oxygen atoms in total. The van der Waals surface area contributed by atoms with Gasteiger partial charge in [0.2, 0.25) is 0 Å². The molecule has 154 valence electrons. The Morgan fingerprint density at radius 1 is 1.23 bits per heavy atom. The van der Waals surface area contributed by atoms with Crippen molar-refractivity contribution in [3.63, 3.8) is 0 Å². The number of nitro benzene ring substituents is 1. The van der Waals surface area contributed by atoms with Gasteiger partial charge in [0.25, 0.3) is 22.7 Å². The van der Waals surface area contributed by atoms with Crippen molar-refractivity contribution >= 4 is 52.2 Å². The van der Waals surface area contributed by atoms with E-state index in [-0.39, 0.29) is 34.3 Å². The van der Waals surface area contributed by atoms with Crippen LogP contribution in [0.4, 0.5) is 14.9 Å². The first-order valence-corrected chi connectivity index (χ1v) is 9.69. The van der Waals surface area contributed by atoms with Gasteiger partial charge in [0.15, 0.2) is 0 Å². The van der Waals surface area contributed by atoms with E-state index in [1.807, 2.05) is 0 Å². The third kappa shape index (κ3) is 4.84. The van der Waals surface area contributed by atoms with E-state index in [1.165, 1.54) is 36.4 Å². The van der Waals surface area contributed by atoms with E-state index in [2.05, 4.69) is 5.32 Å². The first kappa shape index (κ1) is 21.5. The molecule has 0 aliphatic carbocycles. The zero-order chi connectivity index (χ0) is 21.8. The zero-order valence-corrected chi connectivity index (χ0v) is 16.7. The summed E-state index contributed by atoms with van der Waals surface area (Å²) in [5, 5.41) is 12.7. The van der Waals surface area contributed by atoms with E-state index >= 15 is 0 Å². The van der Waals surface area contributed by atoms with Crippen LogP contribution in [0, 0.1) is 15.9 Å². The number of benzene rings is 2. The van der Waals surface area contributed by atoms with Gasteiger partial charge >= 0.3 is 0 Å². The highest BCUT2D eigenvalue weighted by Gasteiger charge is 2.34. The van der Waals surface area contributed by atoms with Crippen LogP contribution in [-0.4, -0.2) is 40.0 Å². The van der Waals surface area contributed by atoms with Gasteiger partial charge < -0.3 is 5.32 Å². The smallest absolute Gasteiger partial charge is 0.293 e. The summed E-state index contributed by atoms with van der Waals surface area (Å²) in [6, 6.07) is 8.89. The van der Waals surface area contributed by atoms with Crippen molar-refractivity contribution in [1.82, 2.24) is 10.2 Å². The molecule has 30 heavy (non-hydrogen) atoms. The van der Waals surface area contributed by atoms with Gasteiger partial charge in [-0.15, -0.1) is 0 Å². The summed E-state index contributed by atoms with van der Waals surface area (Å²) in [6.45, 7) is -0.101. The van der Waals surface area contributed by atoms with Crippen molar-refractivity contribution in [2.45, 2.75) is 0 Å². The Balaban J connectivity index is 1.60. The SMILES string of the molecule is O=C(NCCN1C(=O)SC(=Cc2ccc(F)cc2)C1=O)c1ccc([N+](=O)[O-])cc1Cl. The van der Waals surface area contributed by atoms with Crippen LogP contribution >= 0.6 is 23.4 Å². The minimum atomic E-state index is -0.632. The van der Waals surface area contributed by atoms with Gasteiger partial charge in [0.05, 0.1) is 20.4 Å². The molecule has 2 aromatic rings. The number of imide groups is 1. The number of non-ortho nitro benzene ring substituents is 1. The highest BCUT2D eigenvalue weighted by atomic mass is 35.5. The van der Waals surface area contributed by atoms with E-state index < -0.39 is 27.8 Å². The molecule has 0 radical (unpaired) electrons. The second-order valence-electron chi connectivity index (χ2n) is 6.06. The van der Waals surface area contributed by atoms with Crippen molar-refractivity contribution in [1.29, 1.82) is 0 Å². The van der Waals surface area contributed by atoms with Gasteiger partial charge in [-0.3, -0.25) is 29.4 Å². The minimum absolute atomic E-state index is 0.0337. The molecule has 1 aliphatic heterocycles. The quantitative estimate of drug-likeness (QED) is 0.407. The number of carbonyl (C=O) groups is 3. The number of nitrogens with zero attached hydrogens (tertiary/aromatic N) is 2. The van der Waals surface area contributed by atoms with Crippen LogP contribution in [0.3, 0.4) is 0 Å². The van der Waals surface area contributed by atoms with Crippen LogP contribution < -0.4 is 5.32 Å². The number of thioether (sulfide) groups is 1. The number of rotatable bonds is 6. The van der Waals surface area contributed by atoms with Crippen LogP contribution in [0.5, 0.6) is 0 Å². The molecule has 11 heteroatoms. The fraction of sp³-hybridized carbons (Fsp3) is 0.105. The molecule has 0 unspecified atom stereocenters. The lowest BCUT2D eigenvalue weighted by Crippen LogP contribution is -2.37. The van der Waals surface area contributed by atoms with Crippen molar-refractivity contribution in [3.8, 4) is 0 Å². The van der Waals surface area contributed by atoms with Crippen LogP contribution in [-0.2, 0) is 4.79 Å². The summed E-state index contributed by atoms with van der Waals surface area (Å²) >= 11 is 6.66. The first-order valence-electron chi connectivity index (χ1n) is 8.49. The Morgan fingerprint density at radius 2 is 1.93 bits per heavy atom. The number of halogens is 2. The molecule has 0 spiro atoms. The Morgan fingerprint density at radius 3 is 2.57 bits per heavy atom. The van der Waals surface area contributed by atoms with Gasteiger partial charge in [-0.25, -0.2) is 4.39 Å². The van der Waals surface area contributed by atoms with Crippen molar-refractivity contribution in [2.24, 2.45) is 0 Å². The molecule has 1 saturated heterocycles. The Bertz CT molecular complexity index is 1070. The maximum atomic E-state index is 13.0. The van der Waals surface area contributed by atoms with Crippen LogP contribution in [0.15, 0.2) is 47.4 Å². The number of nitrogens with one attached hydrogen (secondary N) is 1. The van der Waals surface area contributed by atoms with Crippen LogP contribution in [0.2, 0.25) is 5.02 Å². The number of hydrogen-bond acceptors (Lipinski definition) is 6. The lowest BCUT2D eigenvalue weighted by Gasteiger charge is -2.13. The lowest BCUT2D eigenvalue weighted by molar-refractivity contribution is -0.384. The van der Waals surface area contributed by atoms with E-state index in [9.17, 15) is 28.9 Å². The maximum absolute atomic E-state index is 13.0. The average molecular weight is 450 g/mol. The highest BCUT2D eigenvalue weighted by molar-refractivity contribution is 8.18.